The zero-order chi connectivity index (χ0) is 17.6. The number of benzene rings is 1. The number of rotatable bonds is 13. The van der Waals surface area contributed by atoms with Gasteiger partial charge in [0.25, 0.3) is 0 Å². The third-order valence-corrected chi connectivity index (χ3v) is 5.12. The fourth-order valence-corrected chi connectivity index (χ4v) is 3.59. The first-order valence-corrected chi connectivity index (χ1v) is 10.4. The van der Waals surface area contributed by atoms with Gasteiger partial charge in [-0.25, -0.2) is 4.57 Å². The molecule has 1 aromatic heterocycles. The monoisotopic (exact) mass is 338 g/mol. The minimum absolute atomic E-state index is 0.577. The molecule has 0 N–H and O–H groups in total. The van der Waals surface area contributed by atoms with Gasteiger partial charge in [0.15, 0.2) is 18.4 Å². The molecule has 0 amide bonds. The first kappa shape index (κ1) is 19.7. The average Bonchev–Trinajstić information content (AvgIpc) is 2.67. The maximum atomic E-state index is 2.40. The van der Waals surface area contributed by atoms with Crippen LogP contribution in [0.3, 0.4) is 0 Å². The third kappa shape index (κ3) is 8.34. The molecular formula is C24H36N+. The summed E-state index contributed by atoms with van der Waals surface area (Å²) in [4.78, 5) is 0. The highest BCUT2D eigenvalue weighted by atomic mass is 15.0. The van der Waals surface area contributed by atoms with Gasteiger partial charge in [0.05, 0.1) is 0 Å². The van der Waals surface area contributed by atoms with Gasteiger partial charge in [-0.1, -0.05) is 94.7 Å². The van der Waals surface area contributed by atoms with Crippen LogP contribution in [0.1, 0.15) is 82.7 Å². The molecule has 0 saturated carbocycles. The van der Waals surface area contributed by atoms with E-state index in [1.807, 2.05) is 0 Å². The zero-order valence-corrected chi connectivity index (χ0v) is 16.1. The van der Waals surface area contributed by atoms with E-state index in [1.54, 1.807) is 0 Å². The molecule has 2 rings (SSSR count). The average molecular weight is 339 g/mol. The summed E-state index contributed by atoms with van der Waals surface area (Å²) >= 11 is 0. The Labute approximate surface area is 155 Å². The Balaban J connectivity index is 1.72. The Kier molecular flexibility index (Phi) is 10.00. The van der Waals surface area contributed by atoms with E-state index in [1.165, 1.54) is 69.8 Å². The molecule has 0 radical (unpaired) electrons. The van der Waals surface area contributed by atoms with E-state index in [0.29, 0.717) is 6.04 Å². The molecule has 0 aliphatic carbocycles. The fourth-order valence-electron chi connectivity index (χ4n) is 3.59. The van der Waals surface area contributed by atoms with Gasteiger partial charge in [0.2, 0.25) is 0 Å². The number of pyridine rings is 1. The largest absolute Gasteiger partial charge is 0.202 e. The molecule has 0 spiro atoms. The maximum absolute atomic E-state index is 2.40. The van der Waals surface area contributed by atoms with Crippen LogP contribution in [0.25, 0.3) is 0 Å². The molecule has 136 valence electrons. The molecule has 0 aliphatic rings. The lowest BCUT2D eigenvalue weighted by molar-refractivity contribution is -0.723. The van der Waals surface area contributed by atoms with Crippen molar-refractivity contribution in [2.75, 3.05) is 0 Å². The van der Waals surface area contributed by atoms with Crippen LogP contribution in [0.15, 0.2) is 60.9 Å². The summed E-state index contributed by atoms with van der Waals surface area (Å²) in [5, 5.41) is 0. The van der Waals surface area contributed by atoms with Gasteiger partial charge >= 0.3 is 0 Å². The maximum Gasteiger partial charge on any atom is 0.169 e. The van der Waals surface area contributed by atoms with Crippen LogP contribution in [0.5, 0.6) is 0 Å². The van der Waals surface area contributed by atoms with Crippen LogP contribution in [-0.2, 0) is 6.42 Å². The van der Waals surface area contributed by atoms with E-state index < -0.39 is 0 Å². The number of unbranched alkanes of at least 4 members (excludes halogenated alkanes) is 8. The van der Waals surface area contributed by atoms with Gasteiger partial charge in [-0.3, -0.25) is 0 Å². The highest BCUT2D eigenvalue weighted by Gasteiger charge is 2.18. The van der Waals surface area contributed by atoms with Crippen molar-refractivity contribution in [3.05, 3.63) is 66.5 Å². The molecule has 2 aromatic rings. The van der Waals surface area contributed by atoms with E-state index in [4.69, 9.17) is 0 Å². The summed E-state index contributed by atoms with van der Waals surface area (Å²) in [6.07, 6.45) is 19.5. The second-order valence-corrected chi connectivity index (χ2v) is 7.28. The van der Waals surface area contributed by atoms with Gasteiger partial charge in [-0.2, -0.15) is 0 Å². The molecular weight excluding hydrogens is 302 g/mol. The fraction of sp³-hybridized carbons (Fsp3) is 0.542. The lowest BCUT2D eigenvalue weighted by Gasteiger charge is -2.13. The molecule has 1 atom stereocenters. The van der Waals surface area contributed by atoms with Gasteiger partial charge in [-0.05, 0) is 12.0 Å². The molecule has 0 bridgehead atoms. The first-order chi connectivity index (χ1) is 12.4. The van der Waals surface area contributed by atoms with Crippen molar-refractivity contribution < 1.29 is 4.57 Å². The van der Waals surface area contributed by atoms with E-state index >= 15 is 0 Å². The predicted molar refractivity (Wildman–Crippen MR) is 108 cm³/mol. The molecule has 0 aliphatic heterocycles. The smallest absolute Gasteiger partial charge is 0.169 e. The molecule has 1 unspecified atom stereocenters. The quantitative estimate of drug-likeness (QED) is 0.283. The van der Waals surface area contributed by atoms with Crippen LogP contribution in [-0.4, -0.2) is 0 Å². The summed E-state index contributed by atoms with van der Waals surface area (Å²) in [6.45, 7) is 2.29. The molecule has 0 saturated heterocycles. The first-order valence-electron chi connectivity index (χ1n) is 10.4. The van der Waals surface area contributed by atoms with Crippen LogP contribution in [0.2, 0.25) is 0 Å². The Morgan fingerprint density at radius 1 is 0.680 bits per heavy atom. The molecule has 1 nitrogen and oxygen atoms in total. The normalized spacial score (nSPS) is 12.2. The van der Waals surface area contributed by atoms with E-state index in [9.17, 15) is 0 Å². The summed E-state index contributed by atoms with van der Waals surface area (Å²) in [5.41, 5.74) is 1.44. The van der Waals surface area contributed by atoms with Crippen molar-refractivity contribution in [1.82, 2.24) is 0 Å². The number of nitrogens with zero attached hydrogens (tertiary/aromatic N) is 1. The molecule has 1 aromatic carbocycles. The SMILES string of the molecule is CCCCCCCCCCCC(Cc1ccccc1)[n+]1ccccc1. The highest BCUT2D eigenvalue weighted by molar-refractivity contribution is 5.15. The number of aromatic nitrogens is 1. The number of hydrogen-bond acceptors (Lipinski definition) is 0. The summed E-state index contributed by atoms with van der Waals surface area (Å²) in [5.74, 6) is 0. The van der Waals surface area contributed by atoms with Gasteiger partial charge in [-0.15, -0.1) is 0 Å². The van der Waals surface area contributed by atoms with E-state index in [-0.39, 0.29) is 0 Å². The van der Waals surface area contributed by atoms with Crippen molar-refractivity contribution in [3.63, 3.8) is 0 Å². The second-order valence-electron chi connectivity index (χ2n) is 7.28. The summed E-state index contributed by atoms with van der Waals surface area (Å²) in [7, 11) is 0. The van der Waals surface area contributed by atoms with Crippen molar-refractivity contribution in [1.29, 1.82) is 0 Å². The van der Waals surface area contributed by atoms with E-state index in [2.05, 4.69) is 72.4 Å². The lowest BCUT2D eigenvalue weighted by Crippen LogP contribution is -2.39. The standard InChI is InChI=1S/C24H36N/c1-2-3-4-5-6-7-8-9-14-19-24(25-20-15-11-16-21-25)22-23-17-12-10-13-18-23/h10-13,15-18,20-21,24H,2-9,14,19,22H2,1H3/q+1. The van der Waals surface area contributed by atoms with Crippen LogP contribution < -0.4 is 4.57 Å². The number of hydrogen-bond donors (Lipinski definition) is 0. The Morgan fingerprint density at radius 2 is 1.24 bits per heavy atom. The molecule has 1 heteroatoms. The summed E-state index contributed by atoms with van der Waals surface area (Å²) in [6, 6.07) is 17.9. The zero-order valence-electron chi connectivity index (χ0n) is 16.1. The second kappa shape index (κ2) is 12.7. The van der Waals surface area contributed by atoms with Crippen molar-refractivity contribution >= 4 is 0 Å². The van der Waals surface area contributed by atoms with Crippen molar-refractivity contribution in [2.24, 2.45) is 0 Å². The van der Waals surface area contributed by atoms with Gasteiger partial charge in [0.1, 0.15) is 0 Å². The third-order valence-electron chi connectivity index (χ3n) is 5.12. The topological polar surface area (TPSA) is 3.88 Å². The van der Waals surface area contributed by atoms with Gasteiger partial charge < -0.3 is 0 Å². The lowest BCUT2D eigenvalue weighted by atomic mass is 9.99. The molecule has 1 heterocycles. The predicted octanol–water partition coefficient (Wildman–Crippen LogP) is 6.68. The van der Waals surface area contributed by atoms with Gasteiger partial charge in [0, 0.05) is 25.0 Å². The van der Waals surface area contributed by atoms with Crippen LogP contribution >= 0.6 is 0 Å². The van der Waals surface area contributed by atoms with Crippen LogP contribution in [0.4, 0.5) is 0 Å². The minimum atomic E-state index is 0.577. The molecule has 0 fully saturated rings. The Bertz CT molecular complexity index is 535. The minimum Gasteiger partial charge on any atom is -0.202 e. The Morgan fingerprint density at radius 3 is 1.88 bits per heavy atom. The highest BCUT2D eigenvalue weighted by Crippen LogP contribution is 2.17. The van der Waals surface area contributed by atoms with Crippen molar-refractivity contribution in [2.45, 2.75) is 83.6 Å². The Hall–Kier alpha value is -1.63. The van der Waals surface area contributed by atoms with E-state index in [0.717, 1.165) is 6.42 Å². The summed E-state index contributed by atoms with van der Waals surface area (Å²) < 4.78 is 2.40. The van der Waals surface area contributed by atoms with Crippen LogP contribution in [0, 0.1) is 0 Å². The molecule has 25 heavy (non-hydrogen) atoms. The van der Waals surface area contributed by atoms with Crippen molar-refractivity contribution in [3.8, 4) is 0 Å².